The number of carboxylic acids is 1. The summed E-state index contributed by atoms with van der Waals surface area (Å²) in [5, 5.41) is 13.1. The molecule has 1 aliphatic rings. The van der Waals surface area contributed by atoms with E-state index in [-0.39, 0.29) is 16.2 Å². The molecule has 0 atom stereocenters. The molecule has 5 rings (SSSR count). The van der Waals surface area contributed by atoms with E-state index in [2.05, 4.69) is 5.32 Å². The Morgan fingerprint density at radius 3 is 2.42 bits per heavy atom. The number of benzene rings is 3. The van der Waals surface area contributed by atoms with Gasteiger partial charge in [-0.25, -0.2) is 4.79 Å². The Morgan fingerprint density at radius 1 is 1.00 bits per heavy atom. The maximum atomic E-state index is 13.4. The first-order valence-corrected chi connectivity index (χ1v) is 11.7. The van der Waals surface area contributed by atoms with Crippen LogP contribution in [-0.4, -0.2) is 32.6 Å². The van der Waals surface area contributed by atoms with E-state index in [4.69, 9.17) is 28.9 Å². The van der Waals surface area contributed by atoms with E-state index in [1.807, 2.05) is 59.3 Å². The summed E-state index contributed by atoms with van der Waals surface area (Å²) in [5.74, 6) is -2.29. The number of thiocarbonyl (C=S) groups is 1. The number of fused-ring (bicyclic) bond motifs is 1. The minimum Gasteiger partial charge on any atom is -0.478 e. The first-order chi connectivity index (χ1) is 17.3. The average molecular weight is 516 g/mol. The van der Waals surface area contributed by atoms with Crippen LogP contribution in [0.5, 0.6) is 0 Å². The highest BCUT2D eigenvalue weighted by Gasteiger charge is 2.34. The summed E-state index contributed by atoms with van der Waals surface area (Å²) in [6.07, 6.45) is 3.42. The van der Waals surface area contributed by atoms with Crippen molar-refractivity contribution >= 4 is 69.4 Å². The number of amides is 2. The minimum atomic E-state index is -1.09. The standard InChI is InChI=1S/C27H18ClN3O4S/c28-22-7-3-1-5-17(22)14-30-15-18(20-6-2-4-8-23(20)30)13-21-24(32)29-27(36)31(25(21)33)19-11-9-16(10-12-19)26(34)35/h1-13,15H,14H2,(H,34,35)(H,29,32,36)/b21-13+. The molecule has 2 N–H and O–H groups in total. The van der Waals surface area contributed by atoms with E-state index in [0.717, 1.165) is 16.5 Å². The molecule has 3 aromatic carbocycles. The van der Waals surface area contributed by atoms with Crippen LogP contribution in [0.15, 0.2) is 84.6 Å². The zero-order chi connectivity index (χ0) is 25.4. The van der Waals surface area contributed by atoms with Crippen LogP contribution in [0.3, 0.4) is 0 Å². The van der Waals surface area contributed by atoms with Crippen LogP contribution in [0.2, 0.25) is 5.02 Å². The van der Waals surface area contributed by atoms with Gasteiger partial charge in [-0.15, -0.1) is 0 Å². The summed E-state index contributed by atoms with van der Waals surface area (Å²) in [4.78, 5) is 38.6. The van der Waals surface area contributed by atoms with Crippen molar-refractivity contribution in [3.63, 3.8) is 0 Å². The fraction of sp³-hybridized carbons (Fsp3) is 0.0370. The predicted octanol–water partition coefficient (Wildman–Crippen LogP) is 4.87. The van der Waals surface area contributed by atoms with Crippen LogP contribution >= 0.6 is 23.8 Å². The second-order valence-corrected chi connectivity index (χ2v) is 8.92. The van der Waals surface area contributed by atoms with Crippen molar-refractivity contribution in [3.05, 3.63) is 106 Å². The second-order valence-electron chi connectivity index (χ2n) is 8.13. The van der Waals surface area contributed by atoms with E-state index in [1.165, 1.54) is 29.2 Å². The van der Waals surface area contributed by atoms with E-state index in [0.29, 0.717) is 22.8 Å². The SMILES string of the molecule is O=C1NC(=S)N(c2ccc(C(=O)O)cc2)C(=O)/C1=C/c1cn(Cc2ccccc2Cl)c2ccccc12. The first-order valence-electron chi connectivity index (χ1n) is 10.9. The smallest absolute Gasteiger partial charge is 0.335 e. The van der Waals surface area contributed by atoms with Crippen LogP contribution in [0.4, 0.5) is 5.69 Å². The number of nitrogens with zero attached hydrogens (tertiary/aromatic N) is 2. The fourth-order valence-corrected chi connectivity index (χ4v) is 4.61. The van der Waals surface area contributed by atoms with Gasteiger partial charge in [0.1, 0.15) is 5.57 Å². The summed E-state index contributed by atoms with van der Waals surface area (Å²) < 4.78 is 2.02. The fourth-order valence-electron chi connectivity index (χ4n) is 4.13. The van der Waals surface area contributed by atoms with E-state index >= 15 is 0 Å². The van der Waals surface area contributed by atoms with Gasteiger partial charge in [0.15, 0.2) is 5.11 Å². The number of carbonyl (C=O) groups is 3. The summed E-state index contributed by atoms with van der Waals surface area (Å²) in [6.45, 7) is 0.510. The van der Waals surface area contributed by atoms with Crippen LogP contribution in [0.1, 0.15) is 21.5 Å². The van der Waals surface area contributed by atoms with Crippen LogP contribution < -0.4 is 10.2 Å². The zero-order valence-corrected chi connectivity index (χ0v) is 20.2. The molecule has 7 nitrogen and oxygen atoms in total. The average Bonchev–Trinajstić information content (AvgIpc) is 3.20. The molecule has 0 spiro atoms. The Labute approximate surface area is 216 Å². The predicted molar refractivity (Wildman–Crippen MR) is 142 cm³/mol. The van der Waals surface area contributed by atoms with Gasteiger partial charge in [-0.2, -0.15) is 0 Å². The van der Waals surface area contributed by atoms with Gasteiger partial charge in [0.2, 0.25) is 0 Å². The van der Waals surface area contributed by atoms with E-state index in [1.54, 1.807) is 6.08 Å². The van der Waals surface area contributed by atoms with Crippen molar-refractivity contribution in [1.82, 2.24) is 9.88 Å². The van der Waals surface area contributed by atoms with Gasteiger partial charge in [0, 0.05) is 34.2 Å². The number of hydrogen-bond acceptors (Lipinski definition) is 4. The summed E-state index contributed by atoms with van der Waals surface area (Å²) in [7, 11) is 0. The molecule has 1 saturated heterocycles. The van der Waals surface area contributed by atoms with Gasteiger partial charge in [0.05, 0.1) is 11.3 Å². The second kappa shape index (κ2) is 9.41. The van der Waals surface area contributed by atoms with Gasteiger partial charge >= 0.3 is 5.97 Å². The third-order valence-electron chi connectivity index (χ3n) is 5.89. The maximum absolute atomic E-state index is 13.4. The van der Waals surface area contributed by atoms with Gasteiger partial charge in [0.25, 0.3) is 11.8 Å². The van der Waals surface area contributed by atoms with Crippen LogP contribution in [0, 0.1) is 0 Å². The van der Waals surface area contributed by atoms with E-state index < -0.39 is 17.8 Å². The lowest BCUT2D eigenvalue weighted by atomic mass is 10.1. The molecule has 2 amide bonds. The molecule has 0 aliphatic carbocycles. The topological polar surface area (TPSA) is 91.6 Å². The minimum absolute atomic E-state index is 0.0697. The van der Waals surface area contributed by atoms with Gasteiger partial charge in [-0.1, -0.05) is 48.0 Å². The van der Waals surface area contributed by atoms with Crippen molar-refractivity contribution in [2.24, 2.45) is 0 Å². The van der Waals surface area contributed by atoms with Crippen molar-refractivity contribution in [2.45, 2.75) is 6.54 Å². The molecule has 1 fully saturated rings. The number of carbonyl (C=O) groups excluding carboxylic acids is 2. The third kappa shape index (κ3) is 4.28. The number of aromatic nitrogens is 1. The number of anilines is 1. The molecule has 2 heterocycles. The van der Waals surface area contributed by atoms with Crippen molar-refractivity contribution < 1.29 is 19.5 Å². The normalized spacial score (nSPS) is 15.0. The Kier molecular flexibility index (Phi) is 6.13. The van der Waals surface area contributed by atoms with E-state index in [9.17, 15) is 14.4 Å². The number of rotatable bonds is 5. The molecular formula is C27H18ClN3O4S. The molecular weight excluding hydrogens is 498 g/mol. The van der Waals surface area contributed by atoms with Gasteiger partial charge in [-0.3, -0.25) is 19.8 Å². The van der Waals surface area contributed by atoms with Crippen LogP contribution in [0.25, 0.3) is 17.0 Å². The monoisotopic (exact) mass is 515 g/mol. The van der Waals surface area contributed by atoms with Gasteiger partial charge in [-0.05, 0) is 60.3 Å². The molecule has 36 heavy (non-hydrogen) atoms. The lowest BCUT2D eigenvalue weighted by Crippen LogP contribution is -2.54. The molecule has 4 aromatic rings. The molecule has 0 unspecified atom stereocenters. The third-order valence-corrected chi connectivity index (χ3v) is 6.55. The quantitative estimate of drug-likeness (QED) is 0.225. The molecule has 1 aromatic heterocycles. The lowest BCUT2D eigenvalue weighted by Gasteiger charge is -2.28. The first kappa shape index (κ1) is 23.5. The number of hydrogen-bond donors (Lipinski definition) is 2. The largest absolute Gasteiger partial charge is 0.478 e. The highest BCUT2D eigenvalue weighted by molar-refractivity contribution is 7.80. The molecule has 0 bridgehead atoms. The lowest BCUT2D eigenvalue weighted by molar-refractivity contribution is -0.122. The Balaban J connectivity index is 1.55. The molecule has 0 saturated carbocycles. The highest BCUT2D eigenvalue weighted by atomic mass is 35.5. The molecule has 9 heteroatoms. The van der Waals surface area contributed by atoms with Gasteiger partial charge < -0.3 is 9.67 Å². The number of nitrogens with one attached hydrogen (secondary N) is 1. The summed E-state index contributed by atoms with van der Waals surface area (Å²) in [5.41, 5.74) is 2.87. The summed E-state index contributed by atoms with van der Waals surface area (Å²) >= 11 is 11.6. The zero-order valence-electron chi connectivity index (χ0n) is 18.6. The summed E-state index contributed by atoms with van der Waals surface area (Å²) in [6, 6.07) is 20.9. The number of halogens is 1. The highest BCUT2D eigenvalue weighted by Crippen LogP contribution is 2.28. The molecule has 178 valence electrons. The maximum Gasteiger partial charge on any atom is 0.335 e. The number of carboxylic acid groups (broad SMARTS) is 1. The number of para-hydroxylation sites is 1. The van der Waals surface area contributed by atoms with Crippen molar-refractivity contribution in [2.75, 3.05) is 4.90 Å². The Morgan fingerprint density at radius 2 is 1.69 bits per heavy atom. The molecule has 1 aliphatic heterocycles. The van der Waals surface area contributed by atoms with Crippen LogP contribution in [-0.2, 0) is 16.1 Å². The number of aromatic carboxylic acids is 1. The molecule has 0 radical (unpaired) electrons. The Bertz CT molecular complexity index is 1590. The Hall–Kier alpha value is -4.27. The van der Waals surface area contributed by atoms with Crippen molar-refractivity contribution in [3.8, 4) is 0 Å². The van der Waals surface area contributed by atoms with Crippen molar-refractivity contribution in [1.29, 1.82) is 0 Å².